The van der Waals surface area contributed by atoms with E-state index >= 15 is 0 Å². The van der Waals surface area contributed by atoms with E-state index in [4.69, 9.17) is 5.11 Å². The number of sulfonamides is 1. The zero-order valence-electron chi connectivity index (χ0n) is 14.0. The third-order valence-electron chi connectivity index (χ3n) is 4.46. The maximum atomic E-state index is 12.3. The minimum absolute atomic E-state index is 0.0784. The molecule has 1 aliphatic heterocycles. The van der Waals surface area contributed by atoms with Gasteiger partial charge in [-0.05, 0) is 63.2 Å². The first-order chi connectivity index (χ1) is 11.9. The van der Waals surface area contributed by atoms with Crippen molar-refractivity contribution in [2.45, 2.75) is 25.7 Å². The zero-order chi connectivity index (χ0) is 17.9. The predicted octanol–water partition coefficient (Wildman–Crippen LogP) is 2.48. The highest BCUT2D eigenvalue weighted by molar-refractivity contribution is 7.92. The number of rotatable bonds is 7. The molecular weight excluding hydrogens is 342 g/mol. The molecule has 0 radical (unpaired) electrons. The molecule has 0 amide bonds. The Morgan fingerprint density at radius 3 is 2.68 bits per heavy atom. The summed E-state index contributed by atoms with van der Waals surface area (Å²) < 4.78 is 27.1. The molecule has 1 aliphatic rings. The number of H-pyrrole nitrogens is 1. The van der Waals surface area contributed by atoms with Crippen molar-refractivity contribution in [1.82, 2.24) is 9.88 Å². The fraction of sp³-hybridized carbons (Fsp3) is 0.471. The van der Waals surface area contributed by atoms with Crippen LogP contribution in [0.5, 0.6) is 0 Å². The number of fused-ring (bicyclic) bond motifs is 1. The Balaban J connectivity index is 1.59. The third kappa shape index (κ3) is 4.73. The highest BCUT2D eigenvalue weighted by Gasteiger charge is 2.15. The number of hydrogen-bond acceptors (Lipinski definition) is 4. The van der Waals surface area contributed by atoms with Crippen LogP contribution < -0.4 is 4.72 Å². The summed E-state index contributed by atoms with van der Waals surface area (Å²) in [6.07, 6.45) is 4.26. The fourth-order valence-corrected chi connectivity index (χ4v) is 4.30. The van der Waals surface area contributed by atoms with E-state index in [1.807, 2.05) is 0 Å². The van der Waals surface area contributed by atoms with Gasteiger partial charge in [0.05, 0.1) is 5.75 Å². The summed E-state index contributed by atoms with van der Waals surface area (Å²) in [6.45, 7) is 2.92. The number of aromatic amines is 1. The van der Waals surface area contributed by atoms with E-state index in [0.29, 0.717) is 23.0 Å². The van der Waals surface area contributed by atoms with Crippen LogP contribution in [0.2, 0.25) is 0 Å². The zero-order valence-corrected chi connectivity index (χ0v) is 14.8. The van der Waals surface area contributed by atoms with Gasteiger partial charge in [0, 0.05) is 16.6 Å². The summed E-state index contributed by atoms with van der Waals surface area (Å²) >= 11 is 0. The summed E-state index contributed by atoms with van der Waals surface area (Å²) in [4.78, 5) is 16.1. The van der Waals surface area contributed by atoms with E-state index in [0.717, 1.165) is 19.6 Å². The molecule has 0 bridgehead atoms. The topological polar surface area (TPSA) is 102 Å². The maximum absolute atomic E-state index is 12.3. The average Bonchev–Trinajstić information content (AvgIpc) is 2.99. The number of nitrogens with one attached hydrogen (secondary N) is 2. The Morgan fingerprint density at radius 2 is 1.96 bits per heavy atom. The van der Waals surface area contributed by atoms with Crippen LogP contribution >= 0.6 is 0 Å². The monoisotopic (exact) mass is 365 g/mol. The number of benzene rings is 1. The molecule has 0 saturated carbocycles. The molecule has 0 aliphatic carbocycles. The van der Waals surface area contributed by atoms with Crippen molar-refractivity contribution in [3.63, 3.8) is 0 Å². The van der Waals surface area contributed by atoms with Gasteiger partial charge >= 0.3 is 5.97 Å². The van der Waals surface area contributed by atoms with Crippen molar-refractivity contribution in [3.05, 3.63) is 30.0 Å². The molecule has 0 spiro atoms. The van der Waals surface area contributed by atoms with Gasteiger partial charge in [-0.3, -0.25) is 4.72 Å². The number of nitrogens with zero attached hydrogens (tertiary/aromatic N) is 1. The smallest absolute Gasteiger partial charge is 0.352 e. The number of carboxylic acid groups (broad SMARTS) is 1. The summed E-state index contributed by atoms with van der Waals surface area (Å²) in [6, 6.07) is 6.44. The average molecular weight is 365 g/mol. The summed E-state index contributed by atoms with van der Waals surface area (Å²) in [7, 11) is -3.42. The number of likely N-dealkylation sites (tertiary alicyclic amines) is 1. The van der Waals surface area contributed by atoms with Crippen molar-refractivity contribution in [2.24, 2.45) is 0 Å². The second-order valence-corrected chi connectivity index (χ2v) is 8.31. The maximum Gasteiger partial charge on any atom is 0.352 e. The first-order valence-electron chi connectivity index (χ1n) is 8.52. The second-order valence-electron chi connectivity index (χ2n) is 6.47. The van der Waals surface area contributed by atoms with E-state index < -0.39 is 16.0 Å². The van der Waals surface area contributed by atoms with Crippen LogP contribution in [0.15, 0.2) is 24.3 Å². The molecule has 0 atom stereocenters. The minimum Gasteiger partial charge on any atom is -0.477 e. The van der Waals surface area contributed by atoms with Crippen molar-refractivity contribution in [2.75, 3.05) is 30.1 Å². The van der Waals surface area contributed by atoms with Gasteiger partial charge in [-0.1, -0.05) is 6.42 Å². The molecule has 8 heteroatoms. The van der Waals surface area contributed by atoms with Gasteiger partial charge in [-0.2, -0.15) is 0 Å². The Morgan fingerprint density at radius 1 is 1.20 bits per heavy atom. The van der Waals surface area contributed by atoms with Crippen LogP contribution in [-0.4, -0.2) is 54.8 Å². The Labute approximate surface area is 147 Å². The van der Waals surface area contributed by atoms with E-state index in [1.165, 1.54) is 25.3 Å². The lowest BCUT2D eigenvalue weighted by atomic mass is 10.1. The van der Waals surface area contributed by atoms with E-state index in [1.54, 1.807) is 18.2 Å². The third-order valence-corrected chi connectivity index (χ3v) is 5.83. The lowest BCUT2D eigenvalue weighted by molar-refractivity contribution is 0.0691. The van der Waals surface area contributed by atoms with Crippen molar-refractivity contribution >= 4 is 32.6 Å². The molecule has 1 aromatic heterocycles. The minimum atomic E-state index is -3.42. The van der Waals surface area contributed by atoms with Gasteiger partial charge in [0.25, 0.3) is 0 Å². The number of anilines is 1. The van der Waals surface area contributed by atoms with Gasteiger partial charge in [0.1, 0.15) is 5.69 Å². The molecule has 1 aromatic carbocycles. The SMILES string of the molecule is O=C(O)c1cc2cc(NS(=O)(=O)CCCN3CCCCC3)ccc2[nH]1. The van der Waals surface area contributed by atoms with Crippen LogP contribution in [0.1, 0.15) is 36.2 Å². The van der Waals surface area contributed by atoms with Crippen LogP contribution in [0.4, 0.5) is 5.69 Å². The molecule has 25 heavy (non-hydrogen) atoms. The Hall–Kier alpha value is -2.06. The lowest BCUT2D eigenvalue weighted by Crippen LogP contribution is -2.32. The molecule has 7 nitrogen and oxygen atoms in total. The van der Waals surface area contributed by atoms with Crippen molar-refractivity contribution in [3.8, 4) is 0 Å². The van der Waals surface area contributed by atoms with Gasteiger partial charge in [-0.25, -0.2) is 13.2 Å². The van der Waals surface area contributed by atoms with Crippen molar-refractivity contribution < 1.29 is 18.3 Å². The highest BCUT2D eigenvalue weighted by Crippen LogP contribution is 2.21. The lowest BCUT2D eigenvalue weighted by Gasteiger charge is -2.26. The summed E-state index contributed by atoms with van der Waals surface area (Å²) in [5, 5.41) is 9.66. The van der Waals surface area contributed by atoms with Gasteiger partial charge in [0.2, 0.25) is 10.0 Å². The van der Waals surface area contributed by atoms with Crippen LogP contribution in [0.3, 0.4) is 0 Å². The molecule has 3 rings (SSSR count). The van der Waals surface area contributed by atoms with E-state index in [9.17, 15) is 13.2 Å². The number of aromatic nitrogens is 1. The summed E-state index contributed by atoms with van der Waals surface area (Å²) in [5.74, 6) is -0.967. The molecule has 136 valence electrons. The van der Waals surface area contributed by atoms with Crippen LogP contribution in [0, 0.1) is 0 Å². The quantitative estimate of drug-likeness (QED) is 0.699. The van der Waals surface area contributed by atoms with Gasteiger partial charge < -0.3 is 15.0 Å². The first-order valence-corrected chi connectivity index (χ1v) is 10.2. The number of carbonyl (C=O) groups is 1. The largest absolute Gasteiger partial charge is 0.477 e. The molecule has 1 fully saturated rings. The van der Waals surface area contributed by atoms with Gasteiger partial charge in [0.15, 0.2) is 0 Å². The molecule has 0 unspecified atom stereocenters. The van der Waals surface area contributed by atoms with Crippen LogP contribution in [0.25, 0.3) is 10.9 Å². The molecule has 2 heterocycles. The van der Waals surface area contributed by atoms with Crippen molar-refractivity contribution in [1.29, 1.82) is 0 Å². The Kier molecular flexibility index (Phi) is 5.29. The molecule has 2 aromatic rings. The van der Waals surface area contributed by atoms with E-state index in [-0.39, 0.29) is 11.4 Å². The first kappa shape index (κ1) is 17.8. The molecule has 3 N–H and O–H groups in total. The molecule has 1 saturated heterocycles. The predicted molar refractivity (Wildman–Crippen MR) is 97.6 cm³/mol. The van der Waals surface area contributed by atoms with E-state index in [2.05, 4.69) is 14.6 Å². The normalized spacial score (nSPS) is 16.2. The molecular formula is C17H23N3O4S. The standard InChI is InChI=1S/C17H23N3O4S/c21-17(22)16-12-13-11-14(5-6-15(13)18-16)19-25(23,24)10-4-9-20-7-2-1-3-8-20/h5-6,11-12,18-19H,1-4,7-10H2,(H,21,22). The number of carboxylic acids is 1. The fourth-order valence-electron chi connectivity index (χ4n) is 3.20. The number of aromatic carboxylic acids is 1. The van der Waals surface area contributed by atoms with Crippen LogP contribution in [-0.2, 0) is 10.0 Å². The Bertz CT molecular complexity index is 854. The second kappa shape index (κ2) is 7.45. The van der Waals surface area contributed by atoms with Gasteiger partial charge in [-0.15, -0.1) is 0 Å². The summed E-state index contributed by atoms with van der Waals surface area (Å²) in [5.41, 5.74) is 1.18. The number of piperidine rings is 1. The number of hydrogen-bond donors (Lipinski definition) is 3. The highest BCUT2D eigenvalue weighted by atomic mass is 32.2.